The first-order valence-electron chi connectivity index (χ1n) is 11.5. The Kier molecular flexibility index (Phi) is 7.87. The molecule has 1 fully saturated rings. The van der Waals surface area contributed by atoms with Gasteiger partial charge in [0.05, 0.1) is 34.1 Å². The van der Waals surface area contributed by atoms with Crippen LogP contribution in [0.3, 0.4) is 0 Å². The highest BCUT2D eigenvalue weighted by Gasteiger charge is 2.30. The zero-order chi connectivity index (χ0) is 26.0. The molecule has 3 aromatic rings. The summed E-state index contributed by atoms with van der Waals surface area (Å²) in [6, 6.07) is 11.5. The summed E-state index contributed by atoms with van der Waals surface area (Å²) >= 11 is 6.11. The lowest BCUT2D eigenvalue weighted by molar-refractivity contribution is -0.137. The molecule has 1 aliphatic rings. The molecule has 0 amide bonds. The van der Waals surface area contributed by atoms with Gasteiger partial charge in [-0.05, 0) is 49.7 Å². The molecule has 6 nitrogen and oxygen atoms in total. The van der Waals surface area contributed by atoms with Gasteiger partial charge in [0.2, 0.25) is 0 Å². The fraction of sp³-hybridized carbons (Fsp3) is 0.360. The highest BCUT2D eigenvalue weighted by Crippen LogP contribution is 2.30. The van der Waals surface area contributed by atoms with Crippen molar-refractivity contribution < 1.29 is 17.4 Å². The van der Waals surface area contributed by atoms with E-state index in [0.29, 0.717) is 53.7 Å². The van der Waals surface area contributed by atoms with Gasteiger partial charge in [0, 0.05) is 48.4 Å². The number of hydrogen-bond donors (Lipinski definition) is 0. The van der Waals surface area contributed by atoms with Gasteiger partial charge in [0.15, 0.2) is 0 Å². The lowest BCUT2D eigenvalue weighted by Gasteiger charge is -2.36. The van der Waals surface area contributed by atoms with E-state index in [2.05, 4.69) is 5.10 Å². The summed E-state index contributed by atoms with van der Waals surface area (Å²) in [6.07, 6.45) is -2.69. The third-order valence-corrected chi connectivity index (χ3v) is 7.92. The van der Waals surface area contributed by atoms with E-state index in [1.54, 1.807) is 30.5 Å². The van der Waals surface area contributed by atoms with Gasteiger partial charge in [-0.1, -0.05) is 29.8 Å². The smallest absolute Gasteiger partial charge is 0.367 e. The van der Waals surface area contributed by atoms with Crippen LogP contribution in [0.2, 0.25) is 5.02 Å². The van der Waals surface area contributed by atoms with Gasteiger partial charge >= 0.3 is 6.18 Å². The van der Waals surface area contributed by atoms with E-state index in [1.807, 2.05) is 23.1 Å². The Balaban J connectivity index is 1.70. The van der Waals surface area contributed by atoms with Crippen LogP contribution in [0, 0.1) is 0 Å². The second kappa shape index (κ2) is 10.7. The fourth-order valence-corrected chi connectivity index (χ4v) is 5.44. The van der Waals surface area contributed by atoms with Crippen molar-refractivity contribution >= 4 is 28.3 Å². The van der Waals surface area contributed by atoms with Gasteiger partial charge in [-0.3, -0.25) is 4.79 Å². The standard InChI is InChI=1S/C25H26ClF3N4O2S/c1-17(2)36(35)32-12-10-31(11-13-32)23-16-30-33(21-5-3-4-20(26)15-21)24(34)22(23)14-18-6-8-19(9-7-18)25(27,28)29/h3-9,15-17H,10-14H2,1-2H3. The molecule has 36 heavy (non-hydrogen) atoms. The maximum Gasteiger partial charge on any atom is 0.416 e. The molecule has 0 radical (unpaired) electrons. The normalized spacial score (nSPS) is 15.9. The molecule has 1 atom stereocenters. The maximum absolute atomic E-state index is 13.6. The molecule has 0 saturated carbocycles. The number of hydrogen-bond acceptors (Lipinski definition) is 4. The molecule has 1 aliphatic heterocycles. The number of rotatable bonds is 6. The summed E-state index contributed by atoms with van der Waals surface area (Å²) in [4.78, 5) is 15.6. The van der Waals surface area contributed by atoms with Crippen LogP contribution < -0.4 is 10.5 Å². The highest BCUT2D eigenvalue weighted by molar-refractivity contribution is 7.83. The Labute approximate surface area is 214 Å². The van der Waals surface area contributed by atoms with Crippen molar-refractivity contribution in [1.29, 1.82) is 0 Å². The summed E-state index contributed by atoms with van der Waals surface area (Å²) < 4.78 is 54.7. The molecule has 2 heterocycles. The van der Waals surface area contributed by atoms with Gasteiger partial charge in [-0.25, -0.2) is 8.51 Å². The number of halogens is 4. The summed E-state index contributed by atoms with van der Waals surface area (Å²) in [6.45, 7) is 6.01. The molecule has 2 aromatic carbocycles. The first-order valence-corrected chi connectivity index (χ1v) is 13.0. The van der Waals surface area contributed by atoms with Crippen molar-refractivity contribution in [2.45, 2.75) is 31.7 Å². The minimum absolute atomic E-state index is 0.00933. The van der Waals surface area contributed by atoms with Crippen LogP contribution >= 0.6 is 11.6 Å². The van der Waals surface area contributed by atoms with Crippen LogP contribution in [0.1, 0.15) is 30.5 Å². The van der Waals surface area contributed by atoms with Crippen molar-refractivity contribution in [2.24, 2.45) is 0 Å². The van der Waals surface area contributed by atoms with Gasteiger partial charge in [-0.15, -0.1) is 0 Å². The predicted octanol–water partition coefficient (Wildman–Crippen LogP) is 4.69. The summed E-state index contributed by atoms with van der Waals surface area (Å²) in [5.41, 5.74) is 0.987. The second-order valence-corrected chi connectivity index (χ2v) is 11.3. The molecule has 1 unspecified atom stereocenters. The third kappa shape index (κ3) is 5.82. The molecule has 4 rings (SSSR count). The first-order chi connectivity index (χ1) is 17.0. The Hall–Kier alpha value is -2.69. The molecule has 192 valence electrons. The molecule has 1 aromatic heterocycles. The largest absolute Gasteiger partial charge is 0.416 e. The Morgan fingerprint density at radius 1 is 1.06 bits per heavy atom. The number of alkyl halides is 3. The number of aromatic nitrogens is 2. The topological polar surface area (TPSA) is 58.4 Å². The van der Waals surface area contributed by atoms with Gasteiger partial charge in [0.25, 0.3) is 5.56 Å². The summed E-state index contributed by atoms with van der Waals surface area (Å²) in [7, 11) is -1.09. The average molecular weight is 539 g/mol. The maximum atomic E-state index is 13.6. The molecule has 11 heteroatoms. The van der Waals surface area contributed by atoms with E-state index in [-0.39, 0.29) is 17.2 Å². The Morgan fingerprint density at radius 3 is 2.31 bits per heavy atom. The quantitative estimate of drug-likeness (QED) is 0.457. The van der Waals surface area contributed by atoms with Crippen LogP contribution in [0.5, 0.6) is 0 Å². The molecule has 0 spiro atoms. The Morgan fingerprint density at radius 2 is 1.72 bits per heavy atom. The minimum atomic E-state index is -4.44. The van der Waals surface area contributed by atoms with E-state index in [4.69, 9.17) is 11.6 Å². The van der Waals surface area contributed by atoms with Crippen molar-refractivity contribution in [3.05, 3.63) is 86.8 Å². The van der Waals surface area contributed by atoms with Gasteiger partial charge < -0.3 is 4.90 Å². The average Bonchev–Trinajstić information content (AvgIpc) is 2.84. The molecule has 0 N–H and O–H groups in total. The molecular weight excluding hydrogens is 513 g/mol. The number of piperazine rings is 1. The monoisotopic (exact) mass is 538 g/mol. The first kappa shape index (κ1) is 26.4. The summed E-state index contributed by atoms with van der Waals surface area (Å²) in [5.74, 6) is 0. The van der Waals surface area contributed by atoms with Crippen LogP contribution in [-0.2, 0) is 23.6 Å². The SMILES string of the molecule is CC(C)S(=O)N1CCN(c2cnn(-c3cccc(Cl)c3)c(=O)c2Cc2ccc(C(F)(F)F)cc2)CC1. The van der Waals surface area contributed by atoms with Crippen LogP contribution in [0.15, 0.2) is 59.5 Å². The van der Waals surface area contributed by atoms with Gasteiger partial charge in [-0.2, -0.15) is 23.0 Å². The Bertz CT molecular complexity index is 1300. The third-order valence-electron chi connectivity index (χ3n) is 6.01. The minimum Gasteiger partial charge on any atom is -0.367 e. The van der Waals surface area contributed by atoms with E-state index < -0.39 is 22.7 Å². The van der Waals surface area contributed by atoms with Crippen molar-refractivity contribution in [1.82, 2.24) is 14.1 Å². The number of nitrogens with zero attached hydrogens (tertiary/aromatic N) is 4. The van der Waals surface area contributed by atoms with Crippen molar-refractivity contribution in [3.63, 3.8) is 0 Å². The van der Waals surface area contributed by atoms with E-state index in [1.165, 1.54) is 16.8 Å². The van der Waals surface area contributed by atoms with E-state index >= 15 is 0 Å². The lowest BCUT2D eigenvalue weighted by atomic mass is 10.0. The van der Waals surface area contributed by atoms with E-state index in [9.17, 15) is 22.2 Å². The predicted molar refractivity (Wildman–Crippen MR) is 136 cm³/mol. The molecule has 1 saturated heterocycles. The van der Waals surface area contributed by atoms with Crippen molar-refractivity contribution in [2.75, 3.05) is 31.1 Å². The molecular formula is C25H26ClF3N4O2S. The molecule has 0 aliphatic carbocycles. The summed E-state index contributed by atoms with van der Waals surface area (Å²) in [5, 5.41) is 4.83. The number of benzene rings is 2. The zero-order valence-electron chi connectivity index (χ0n) is 19.8. The van der Waals surface area contributed by atoms with Crippen LogP contribution in [-0.4, -0.2) is 49.7 Å². The zero-order valence-corrected chi connectivity index (χ0v) is 21.4. The van der Waals surface area contributed by atoms with Gasteiger partial charge in [0.1, 0.15) is 0 Å². The highest BCUT2D eigenvalue weighted by atomic mass is 35.5. The van der Waals surface area contributed by atoms with E-state index in [0.717, 1.165) is 12.1 Å². The van der Waals surface area contributed by atoms with Crippen molar-refractivity contribution in [3.8, 4) is 5.69 Å². The number of anilines is 1. The van der Waals surface area contributed by atoms with Crippen LogP contribution in [0.4, 0.5) is 18.9 Å². The lowest BCUT2D eigenvalue weighted by Crippen LogP contribution is -2.49. The van der Waals surface area contributed by atoms with Crippen LogP contribution in [0.25, 0.3) is 5.69 Å². The fourth-order valence-electron chi connectivity index (χ4n) is 4.13. The molecule has 0 bridgehead atoms. The second-order valence-electron chi connectivity index (χ2n) is 8.82.